The number of imidazole rings is 1. The molecule has 18 heavy (non-hydrogen) atoms. The number of hydrogen-bond acceptors (Lipinski definition) is 4. The molecular weight excluding hydrogens is 246 g/mol. The van der Waals surface area contributed by atoms with Crippen molar-refractivity contribution in [1.29, 1.82) is 0 Å². The van der Waals surface area contributed by atoms with Crippen LogP contribution < -0.4 is 0 Å². The second-order valence-corrected chi connectivity index (χ2v) is 4.88. The monoisotopic (exact) mass is 267 g/mol. The molecule has 0 aliphatic heterocycles. The molecule has 5 nitrogen and oxygen atoms in total. The normalized spacial score (nSPS) is 9.89. The first kappa shape index (κ1) is 14.8. The third-order valence-electron chi connectivity index (χ3n) is 2.16. The molecule has 0 spiro atoms. The molecule has 2 aromatic heterocycles. The van der Waals surface area contributed by atoms with Crippen LogP contribution in [0.2, 0.25) is 0 Å². The van der Waals surface area contributed by atoms with Crippen LogP contribution in [0.3, 0.4) is 0 Å². The predicted octanol–water partition coefficient (Wildman–Crippen LogP) is 2.99. The van der Waals surface area contributed by atoms with E-state index in [1.54, 1.807) is 11.8 Å². The van der Waals surface area contributed by atoms with Crippen molar-refractivity contribution in [3.05, 3.63) is 25.0 Å². The Balaban J connectivity index is 0.000000180. The van der Waals surface area contributed by atoms with Crippen LogP contribution in [0.15, 0.2) is 30.2 Å². The maximum atomic E-state index is 3.95. The van der Waals surface area contributed by atoms with Crippen LogP contribution in [0.1, 0.15) is 33.1 Å². The predicted molar refractivity (Wildman–Crippen MR) is 74.5 cm³/mol. The van der Waals surface area contributed by atoms with E-state index in [4.69, 9.17) is 0 Å². The largest absolute Gasteiger partial charge is 0.337 e. The quantitative estimate of drug-likeness (QED) is 0.817. The Kier molecular flexibility index (Phi) is 7.96. The minimum absolute atomic E-state index is 0.914. The van der Waals surface area contributed by atoms with Gasteiger partial charge in [0.05, 0.1) is 6.33 Å². The lowest BCUT2D eigenvalue weighted by Crippen LogP contribution is -1.92. The van der Waals surface area contributed by atoms with Gasteiger partial charge in [-0.15, -0.1) is 0 Å². The van der Waals surface area contributed by atoms with Crippen molar-refractivity contribution in [1.82, 2.24) is 24.7 Å². The van der Waals surface area contributed by atoms with Gasteiger partial charge in [0.2, 0.25) is 0 Å². The van der Waals surface area contributed by atoms with E-state index in [0.29, 0.717) is 0 Å². The number of hydrogen-bond donors (Lipinski definition) is 1. The van der Waals surface area contributed by atoms with Crippen LogP contribution in [0, 0.1) is 0 Å². The van der Waals surface area contributed by atoms with E-state index in [1.165, 1.54) is 25.6 Å². The average molecular weight is 267 g/mol. The number of rotatable bonds is 6. The topological polar surface area (TPSA) is 59.4 Å². The number of H-pyrrole nitrogens is 1. The van der Waals surface area contributed by atoms with Gasteiger partial charge >= 0.3 is 0 Å². The van der Waals surface area contributed by atoms with Crippen molar-refractivity contribution < 1.29 is 0 Å². The molecule has 6 heteroatoms. The zero-order chi connectivity index (χ0) is 13.1. The van der Waals surface area contributed by atoms with Crippen LogP contribution in [-0.4, -0.2) is 30.5 Å². The summed E-state index contributed by atoms with van der Waals surface area (Å²) in [7, 11) is 0. The van der Waals surface area contributed by atoms with Gasteiger partial charge in [-0.05, 0) is 12.8 Å². The summed E-state index contributed by atoms with van der Waals surface area (Å²) in [6.07, 6.45) is 10.9. The van der Waals surface area contributed by atoms with E-state index in [1.807, 2.05) is 18.7 Å². The average Bonchev–Trinajstić information content (AvgIpc) is 3.07. The second kappa shape index (κ2) is 9.70. The van der Waals surface area contributed by atoms with Gasteiger partial charge < -0.3 is 4.57 Å². The highest BCUT2D eigenvalue weighted by atomic mass is 32.2. The number of aromatic amines is 1. The fourth-order valence-corrected chi connectivity index (χ4v) is 1.86. The molecule has 2 rings (SSSR count). The molecular formula is C12H21N5S. The van der Waals surface area contributed by atoms with Gasteiger partial charge in [0, 0.05) is 24.7 Å². The third-order valence-corrected chi connectivity index (χ3v) is 3.25. The molecule has 0 saturated heterocycles. The Morgan fingerprint density at radius 3 is 2.78 bits per heavy atom. The van der Waals surface area contributed by atoms with Crippen LogP contribution in [0.5, 0.6) is 0 Å². The van der Waals surface area contributed by atoms with Crippen LogP contribution in [0.25, 0.3) is 0 Å². The lowest BCUT2D eigenvalue weighted by Gasteiger charge is -1.96. The summed E-state index contributed by atoms with van der Waals surface area (Å²) in [5, 5.41) is 7.41. The lowest BCUT2D eigenvalue weighted by molar-refractivity contribution is 0.631. The Morgan fingerprint density at radius 1 is 1.33 bits per heavy atom. The SMILES string of the molecule is CCCCn1ccnc1.CCCSc1ncn[nH]1. The van der Waals surface area contributed by atoms with Gasteiger partial charge in [-0.3, -0.25) is 5.10 Å². The maximum Gasteiger partial charge on any atom is 0.183 e. The minimum Gasteiger partial charge on any atom is -0.337 e. The van der Waals surface area contributed by atoms with E-state index in [0.717, 1.165) is 17.5 Å². The van der Waals surface area contributed by atoms with Crippen LogP contribution in [-0.2, 0) is 6.54 Å². The van der Waals surface area contributed by atoms with Gasteiger partial charge in [-0.1, -0.05) is 32.0 Å². The van der Waals surface area contributed by atoms with Crippen molar-refractivity contribution in [2.45, 2.75) is 44.8 Å². The van der Waals surface area contributed by atoms with Gasteiger partial charge in [-0.25, -0.2) is 9.97 Å². The number of unbranched alkanes of at least 4 members (excludes halogenated alkanes) is 1. The Morgan fingerprint density at radius 2 is 2.22 bits per heavy atom. The van der Waals surface area contributed by atoms with E-state index >= 15 is 0 Å². The van der Waals surface area contributed by atoms with Crippen molar-refractivity contribution in [2.24, 2.45) is 0 Å². The number of thioether (sulfide) groups is 1. The number of nitrogens with zero attached hydrogens (tertiary/aromatic N) is 4. The molecule has 0 aliphatic carbocycles. The molecule has 0 bridgehead atoms. The summed E-state index contributed by atoms with van der Waals surface area (Å²) >= 11 is 1.70. The summed E-state index contributed by atoms with van der Waals surface area (Å²) < 4.78 is 2.10. The first-order chi connectivity index (χ1) is 8.86. The van der Waals surface area contributed by atoms with Crippen LogP contribution >= 0.6 is 11.8 Å². The highest BCUT2D eigenvalue weighted by Crippen LogP contribution is 2.10. The molecule has 0 radical (unpaired) electrons. The van der Waals surface area contributed by atoms with E-state index in [-0.39, 0.29) is 0 Å². The lowest BCUT2D eigenvalue weighted by atomic mass is 10.3. The van der Waals surface area contributed by atoms with Gasteiger partial charge in [0.15, 0.2) is 5.16 Å². The highest BCUT2D eigenvalue weighted by molar-refractivity contribution is 7.99. The van der Waals surface area contributed by atoms with Gasteiger partial charge in [0.1, 0.15) is 6.33 Å². The molecule has 0 aliphatic rings. The first-order valence-corrected chi connectivity index (χ1v) is 7.29. The minimum atomic E-state index is 0.914. The molecule has 0 atom stereocenters. The number of aryl methyl sites for hydroxylation is 1. The second-order valence-electron chi connectivity index (χ2n) is 3.79. The summed E-state index contributed by atoms with van der Waals surface area (Å²) in [4.78, 5) is 7.89. The van der Waals surface area contributed by atoms with E-state index < -0.39 is 0 Å². The number of aromatic nitrogens is 5. The smallest absolute Gasteiger partial charge is 0.183 e. The number of nitrogens with one attached hydrogen (secondary N) is 1. The standard InChI is InChI=1S/C7H12N2.C5H9N3S/c1-2-3-5-9-6-4-8-7-9;1-2-3-9-5-6-4-7-8-5/h4,6-7H,2-3,5H2,1H3;4H,2-3H2,1H3,(H,6,7,8). The molecule has 0 unspecified atom stereocenters. The third kappa shape index (κ3) is 6.44. The summed E-state index contributed by atoms with van der Waals surface area (Å²) in [6, 6.07) is 0. The molecule has 0 fully saturated rings. The Bertz CT molecular complexity index is 333. The molecule has 2 heterocycles. The summed E-state index contributed by atoms with van der Waals surface area (Å²) in [5.41, 5.74) is 0. The van der Waals surface area contributed by atoms with Crippen molar-refractivity contribution in [3.8, 4) is 0 Å². The Hall–Kier alpha value is -1.30. The van der Waals surface area contributed by atoms with Crippen molar-refractivity contribution in [2.75, 3.05) is 5.75 Å². The van der Waals surface area contributed by atoms with E-state index in [9.17, 15) is 0 Å². The fraction of sp³-hybridized carbons (Fsp3) is 0.583. The molecule has 2 aromatic rings. The van der Waals surface area contributed by atoms with Gasteiger partial charge in [-0.2, -0.15) is 5.10 Å². The zero-order valence-electron chi connectivity index (χ0n) is 11.0. The van der Waals surface area contributed by atoms with Crippen molar-refractivity contribution in [3.63, 3.8) is 0 Å². The molecule has 0 saturated carbocycles. The van der Waals surface area contributed by atoms with Gasteiger partial charge in [0.25, 0.3) is 0 Å². The zero-order valence-corrected chi connectivity index (χ0v) is 11.9. The molecule has 100 valence electrons. The summed E-state index contributed by atoms with van der Waals surface area (Å²) in [6.45, 7) is 5.44. The Labute approximate surface area is 112 Å². The molecule has 0 aromatic carbocycles. The maximum absolute atomic E-state index is 3.95. The summed E-state index contributed by atoms with van der Waals surface area (Å²) in [5.74, 6) is 1.11. The van der Waals surface area contributed by atoms with E-state index in [2.05, 4.69) is 38.6 Å². The molecule has 0 amide bonds. The first-order valence-electron chi connectivity index (χ1n) is 6.30. The fourth-order valence-electron chi connectivity index (χ4n) is 1.22. The van der Waals surface area contributed by atoms with Crippen LogP contribution in [0.4, 0.5) is 0 Å². The van der Waals surface area contributed by atoms with Crippen molar-refractivity contribution >= 4 is 11.8 Å². The molecule has 1 N–H and O–H groups in total. The highest BCUT2D eigenvalue weighted by Gasteiger charge is 1.91.